The van der Waals surface area contributed by atoms with Crippen molar-refractivity contribution in [3.63, 3.8) is 0 Å². The summed E-state index contributed by atoms with van der Waals surface area (Å²) >= 11 is 0. The molecule has 4 rings (SSSR count). The van der Waals surface area contributed by atoms with Gasteiger partial charge in [0.15, 0.2) is 6.61 Å². The summed E-state index contributed by atoms with van der Waals surface area (Å²) in [6.07, 6.45) is 3.18. The van der Waals surface area contributed by atoms with Crippen molar-refractivity contribution < 1.29 is 19.1 Å². The molecule has 0 bridgehead atoms. The number of anilines is 1. The van der Waals surface area contributed by atoms with Crippen LogP contribution in [-0.4, -0.2) is 56.7 Å². The number of likely N-dealkylation sites (tertiary alicyclic amines) is 1. The first kappa shape index (κ1) is 15.4. The highest BCUT2D eigenvalue weighted by Gasteiger charge is 2.40. The van der Waals surface area contributed by atoms with Crippen LogP contribution in [-0.2, 0) is 9.53 Å². The number of carbonyl (C=O) groups is 2. The molecule has 0 N–H and O–H groups in total. The van der Waals surface area contributed by atoms with E-state index in [1.165, 1.54) is 0 Å². The maximum atomic E-state index is 13.0. The van der Waals surface area contributed by atoms with Crippen LogP contribution in [0.15, 0.2) is 18.2 Å². The van der Waals surface area contributed by atoms with E-state index in [1.807, 2.05) is 4.90 Å². The Hall–Kier alpha value is -2.08. The maximum absolute atomic E-state index is 13.0. The van der Waals surface area contributed by atoms with Crippen LogP contribution in [0.25, 0.3) is 0 Å². The summed E-state index contributed by atoms with van der Waals surface area (Å²) in [5.41, 5.74) is 1.40. The molecule has 1 atom stereocenters. The van der Waals surface area contributed by atoms with Gasteiger partial charge in [-0.1, -0.05) is 0 Å². The van der Waals surface area contributed by atoms with Gasteiger partial charge in [0.1, 0.15) is 5.75 Å². The summed E-state index contributed by atoms with van der Waals surface area (Å²) in [6.45, 7) is 3.14. The second-order valence-electron chi connectivity index (χ2n) is 7.06. The topological polar surface area (TPSA) is 59.1 Å². The molecule has 2 fully saturated rings. The lowest BCUT2D eigenvalue weighted by Gasteiger charge is -2.39. The fraction of sp³-hybridized carbons (Fsp3) is 0.556. The van der Waals surface area contributed by atoms with Crippen LogP contribution < -0.4 is 9.64 Å². The Kier molecular flexibility index (Phi) is 3.72. The monoisotopic (exact) mass is 330 g/mol. The lowest BCUT2D eigenvalue weighted by atomic mass is 9.79. The molecule has 128 valence electrons. The molecule has 6 nitrogen and oxygen atoms in total. The zero-order valence-corrected chi connectivity index (χ0v) is 13.9. The summed E-state index contributed by atoms with van der Waals surface area (Å²) in [7, 11) is 1.71. The Morgan fingerprint density at radius 3 is 2.96 bits per heavy atom. The minimum Gasteiger partial charge on any atom is -0.482 e. The zero-order valence-electron chi connectivity index (χ0n) is 13.9. The molecular formula is C18H22N2O4. The Bertz CT molecular complexity index is 682. The molecule has 0 saturated carbocycles. The van der Waals surface area contributed by atoms with Gasteiger partial charge in [0.25, 0.3) is 11.8 Å². The molecule has 6 heteroatoms. The normalized spacial score (nSPS) is 26.5. The molecule has 3 heterocycles. The van der Waals surface area contributed by atoms with Crippen LogP contribution >= 0.6 is 0 Å². The average molecular weight is 330 g/mol. The largest absolute Gasteiger partial charge is 0.482 e. The van der Waals surface area contributed by atoms with Crippen LogP contribution in [0.1, 0.15) is 29.6 Å². The van der Waals surface area contributed by atoms with E-state index in [0.29, 0.717) is 17.0 Å². The standard InChI is InChI=1S/C18H22N2O4/c1-19-14-9-13(3-4-15(14)24-10-16(19)21)17(22)20-7-2-5-18(11-20)6-8-23-12-18/h3-4,9H,2,5-8,10-12H2,1H3. The van der Waals surface area contributed by atoms with Crippen molar-refractivity contribution in [3.8, 4) is 5.75 Å². The van der Waals surface area contributed by atoms with Crippen LogP contribution in [0.2, 0.25) is 0 Å². The quantitative estimate of drug-likeness (QED) is 0.786. The van der Waals surface area contributed by atoms with E-state index in [9.17, 15) is 9.59 Å². The molecular weight excluding hydrogens is 308 g/mol. The highest BCUT2D eigenvalue weighted by atomic mass is 16.5. The number of fused-ring (bicyclic) bond motifs is 1. The molecule has 2 amide bonds. The number of piperidine rings is 1. The van der Waals surface area contributed by atoms with E-state index in [1.54, 1.807) is 30.1 Å². The Morgan fingerprint density at radius 2 is 2.17 bits per heavy atom. The lowest BCUT2D eigenvalue weighted by molar-refractivity contribution is -0.120. The lowest BCUT2D eigenvalue weighted by Crippen LogP contribution is -2.46. The van der Waals surface area contributed by atoms with E-state index in [4.69, 9.17) is 9.47 Å². The maximum Gasteiger partial charge on any atom is 0.264 e. The number of benzene rings is 1. The predicted molar refractivity (Wildman–Crippen MR) is 88.4 cm³/mol. The highest BCUT2D eigenvalue weighted by Crippen LogP contribution is 2.38. The molecule has 2 saturated heterocycles. The van der Waals surface area contributed by atoms with Crippen LogP contribution in [0.5, 0.6) is 5.75 Å². The second kappa shape index (κ2) is 5.77. The fourth-order valence-corrected chi connectivity index (χ4v) is 3.94. The highest BCUT2D eigenvalue weighted by molar-refractivity contribution is 6.01. The number of hydrogen-bond acceptors (Lipinski definition) is 4. The molecule has 1 aromatic rings. The fourth-order valence-electron chi connectivity index (χ4n) is 3.94. The molecule has 1 spiro atoms. The van der Waals surface area contributed by atoms with Gasteiger partial charge in [0, 0.05) is 37.7 Å². The number of likely N-dealkylation sites (N-methyl/N-ethyl adjacent to an activating group) is 1. The van der Waals surface area contributed by atoms with Gasteiger partial charge in [0.05, 0.1) is 12.3 Å². The summed E-state index contributed by atoms with van der Waals surface area (Å²) in [4.78, 5) is 28.2. The molecule has 1 unspecified atom stereocenters. The summed E-state index contributed by atoms with van der Waals surface area (Å²) in [6, 6.07) is 5.34. The van der Waals surface area contributed by atoms with E-state index < -0.39 is 0 Å². The smallest absolute Gasteiger partial charge is 0.264 e. The average Bonchev–Trinajstić information content (AvgIpc) is 3.05. The van der Waals surface area contributed by atoms with E-state index >= 15 is 0 Å². The van der Waals surface area contributed by atoms with Crippen LogP contribution in [0, 0.1) is 5.41 Å². The van der Waals surface area contributed by atoms with Gasteiger partial charge in [0.2, 0.25) is 0 Å². The van der Waals surface area contributed by atoms with Gasteiger partial charge in [-0.3, -0.25) is 9.59 Å². The van der Waals surface area contributed by atoms with Crippen LogP contribution in [0.3, 0.4) is 0 Å². The van der Waals surface area contributed by atoms with E-state index in [-0.39, 0.29) is 23.8 Å². The van der Waals surface area contributed by atoms with Crippen molar-refractivity contribution in [1.82, 2.24) is 4.90 Å². The zero-order chi connectivity index (χ0) is 16.7. The van der Waals surface area contributed by atoms with Gasteiger partial charge >= 0.3 is 0 Å². The summed E-state index contributed by atoms with van der Waals surface area (Å²) in [5, 5.41) is 0. The first-order valence-corrected chi connectivity index (χ1v) is 8.48. The molecule has 3 aliphatic heterocycles. The predicted octanol–water partition coefficient (Wildman–Crippen LogP) is 1.68. The van der Waals surface area contributed by atoms with Gasteiger partial charge in [-0.15, -0.1) is 0 Å². The molecule has 0 radical (unpaired) electrons. The van der Waals surface area contributed by atoms with Gasteiger partial charge in [-0.25, -0.2) is 0 Å². The number of ether oxygens (including phenoxy) is 2. The molecule has 3 aliphatic rings. The summed E-state index contributed by atoms with van der Waals surface area (Å²) in [5.74, 6) is 0.565. The number of carbonyl (C=O) groups excluding carboxylic acids is 2. The van der Waals surface area contributed by atoms with Crippen molar-refractivity contribution in [2.24, 2.45) is 5.41 Å². The number of nitrogens with zero attached hydrogens (tertiary/aromatic N) is 2. The third kappa shape index (κ3) is 2.55. The second-order valence-corrected chi connectivity index (χ2v) is 7.06. The minimum atomic E-state index is -0.105. The van der Waals surface area contributed by atoms with Gasteiger partial charge in [-0.2, -0.15) is 0 Å². The minimum absolute atomic E-state index is 0.0233. The molecule has 1 aromatic carbocycles. The molecule has 24 heavy (non-hydrogen) atoms. The van der Waals surface area contributed by atoms with Crippen LogP contribution in [0.4, 0.5) is 5.69 Å². The Morgan fingerprint density at radius 1 is 1.29 bits per heavy atom. The third-order valence-corrected chi connectivity index (χ3v) is 5.43. The van der Waals surface area contributed by atoms with Crippen molar-refractivity contribution in [3.05, 3.63) is 23.8 Å². The summed E-state index contributed by atoms with van der Waals surface area (Å²) < 4.78 is 11.0. The Labute approximate surface area is 141 Å². The Balaban J connectivity index is 1.57. The first-order chi connectivity index (χ1) is 11.6. The van der Waals surface area contributed by atoms with Crippen molar-refractivity contribution in [2.45, 2.75) is 19.3 Å². The first-order valence-electron chi connectivity index (χ1n) is 8.48. The number of amides is 2. The number of rotatable bonds is 1. The molecule has 0 aromatic heterocycles. The van der Waals surface area contributed by atoms with Crippen molar-refractivity contribution >= 4 is 17.5 Å². The number of hydrogen-bond donors (Lipinski definition) is 0. The SMILES string of the molecule is CN1C(=O)COc2ccc(C(=O)N3CCCC4(CCOC4)C3)cc21. The molecule has 0 aliphatic carbocycles. The van der Waals surface area contributed by atoms with E-state index in [2.05, 4.69) is 0 Å². The van der Waals surface area contributed by atoms with Gasteiger partial charge < -0.3 is 19.3 Å². The van der Waals surface area contributed by atoms with E-state index in [0.717, 1.165) is 45.6 Å². The third-order valence-electron chi connectivity index (χ3n) is 5.43. The van der Waals surface area contributed by atoms with Gasteiger partial charge in [-0.05, 0) is 37.5 Å². The van der Waals surface area contributed by atoms with Crippen molar-refractivity contribution in [1.29, 1.82) is 0 Å². The van der Waals surface area contributed by atoms with Crippen molar-refractivity contribution in [2.75, 3.05) is 44.9 Å².